The highest BCUT2D eigenvalue weighted by molar-refractivity contribution is 7.89. The Labute approximate surface area is 194 Å². The molecule has 1 aliphatic carbocycles. The minimum absolute atomic E-state index is 0.0244. The molecule has 0 unspecified atom stereocenters. The van der Waals surface area contributed by atoms with Crippen molar-refractivity contribution in [3.63, 3.8) is 0 Å². The molecular weight excluding hydrogens is 440 g/mol. The molecule has 0 aliphatic heterocycles. The van der Waals surface area contributed by atoms with Gasteiger partial charge < -0.3 is 10.1 Å². The molecule has 1 amide bonds. The van der Waals surface area contributed by atoms with Crippen molar-refractivity contribution in [1.29, 1.82) is 0 Å². The summed E-state index contributed by atoms with van der Waals surface area (Å²) in [6, 6.07) is 14.1. The van der Waals surface area contributed by atoms with E-state index in [1.54, 1.807) is 12.3 Å². The van der Waals surface area contributed by atoms with Crippen LogP contribution in [0.1, 0.15) is 47.2 Å². The quantitative estimate of drug-likeness (QED) is 0.502. The third-order valence-electron chi connectivity index (χ3n) is 5.84. The summed E-state index contributed by atoms with van der Waals surface area (Å²) in [5, 5.41) is 7.14. The van der Waals surface area contributed by atoms with E-state index in [9.17, 15) is 13.2 Å². The lowest BCUT2D eigenvalue weighted by molar-refractivity contribution is 0.0950. The third-order valence-corrected chi connectivity index (χ3v) is 7.38. The van der Waals surface area contributed by atoms with Crippen LogP contribution in [-0.2, 0) is 23.1 Å². The lowest BCUT2D eigenvalue weighted by Gasteiger charge is -2.16. The zero-order valence-electron chi connectivity index (χ0n) is 18.5. The van der Waals surface area contributed by atoms with Gasteiger partial charge >= 0.3 is 0 Å². The van der Waals surface area contributed by atoms with Gasteiger partial charge in [-0.3, -0.25) is 9.48 Å². The smallest absolute Gasteiger partial charge is 0.251 e. The van der Waals surface area contributed by atoms with Gasteiger partial charge in [0.05, 0.1) is 13.7 Å². The predicted octanol–water partition coefficient (Wildman–Crippen LogP) is 3.09. The van der Waals surface area contributed by atoms with Gasteiger partial charge in [0, 0.05) is 30.5 Å². The molecule has 1 aliphatic rings. The van der Waals surface area contributed by atoms with Crippen molar-refractivity contribution in [2.75, 3.05) is 7.11 Å². The number of amides is 1. The first-order valence-corrected chi connectivity index (χ1v) is 12.5. The number of nitrogens with zero attached hydrogens (tertiary/aromatic N) is 2. The van der Waals surface area contributed by atoms with Crippen molar-refractivity contribution in [2.24, 2.45) is 0 Å². The number of sulfonamides is 1. The summed E-state index contributed by atoms with van der Waals surface area (Å²) in [6.07, 6.45) is 7.26. The van der Waals surface area contributed by atoms with Crippen LogP contribution in [0.25, 0.3) is 0 Å². The first-order valence-electron chi connectivity index (χ1n) is 11.0. The number of methoxy groups -OCH3 is 1. The monoisotopic (exact) mass is 468 g/mol. The molecule has 1 aromatic heterocycles. The maximum atomic E-state index is 13.0. The topological polar surface area (TPSA) is 102 Å². The SMILES string of the molecule is COc1ccc(C(=O)NCc2ccccc2Cn2cccn2)cc1S(=O)(=O)NC1CCCC1. The second kappa shape index (κ2) is 10.2. The molecule has 2 aromatic carbocycles. The van der Waals surface area contributed by atoms with E-state index in [0.29, 0.717) is 13.1 Å². The van der Waals surface area contributed by atoms with Gasteiger partial charge in [0.2, 0.25) is 10.0 Å². The van der Waals surface area contributed by atoms with Crippen molar-refractivity contribution in [1.82, 2.24) is 19.8 Å². The molecule has 0 atom stereocenters. The molecule has 4 rings (SSSR count). The number of nitrogens with one attached hydrogen (secondary N) is 2. The molecule has 1 fully saturated rings. The van der Waals surface area contributed by atoms with Crippen molar-refractivity contribution >= 4 is 15.9 Å². The predicted molar refractivity (Wildman–Crippen MR) is 125 cm³/mol. The fourth-order valence-electron chi connectivity index (χ4n) is 4.08. The molecule has 0 radical (unpaired) electrons. The van der Waals surface area contributed by atoms with Crippen LogP contribution in [0.2, 0.25) is 0 Å². The zero-order valence-corrected chi connectivity index (χ0v) is 19.3. The molecular formula is C24H28N4O4S. The van der Waals surface area contributed by atoms with Crippen molar-refractivity contribution in [2.45, 2.75) is 49.7 Å². The Morgan fingerprint density at radius 1 is 1.12 bits per heavy atom. The Balaban J connectivity index is 1.49. The normalized spacial score (nSPS) is 14.3. The average molecular weight is 469 g/mol. The number of rotatable bonds is 9. The Morgan fingerprint density at radius 3 is 2.58 bits per heavy atom. The molecule has 3 aromatic rings. The lowest BCUT2D eigenvalue weighted by Crippen LogP contribution is -2.33. The van der Waals surface area contributed by atoms with Gasteiger partial charge in [-0.1, -0.05) is 37.1 Å². The van der Waals surface area contributed by atoms with Crippen molar-refractivity contribution in [3.8, 4) is 5.75 Å². The van der Waals surface area contributed by atoms with Gasteiger partial charge in [0.1, 0.15) is 10.6 Å². The van der Waals surface area contributed by atoms with Gasteiger partial charge in [0.15, 0.2) is 0 Å². The summed E-state index contributed by atoms with van der Waals surface area (Å²) in [7, 11) is -2.39. The standard InChI is InChI=1S/C24H28N4O4S/c1-32-22-12-11-18(15-23(22)33(30,31)27-21-9-4-5-10-21)24(29)25-16-19-7-2-3-8-20(19)17-28-14-6-13-26-28/h2-3,6-8,11-15,21,27H,4-5,9-10,16-17H2,1H3,(H,25,29). The number of carbonyl (C=O) groups excluding carboxylic acids is 1. The third kappa shape index (κ3) is 5.61. The van der Waals surface area contributed by atoms with Crippen LogP contribution in [0.15, 0.2) is 65.8 Å². The van der Waals surface area contributed by atoms with Crippen LogP contribution in [-0.4, -0.2) is 37.3 Å². The van der Waals surface area contributed by atoms with Gasteiger partial charge in [-0.25, -0.2) is 13.1 Å². The second-order valence-electron chi connectivity index (χ2n) is 8.12. The molecule has 1 heterocycles. The fraction of sp³-hybridized carbons (Fsp3) is 0.333. The van der Waals surface area contributed by atoms with Crippen LogP contribution >= 0.6 is 0 Å². The van der Waals surface area contributed by atoms with E-state index >= 15 is 0 Å². The minimum atomic E-state index is -3.81. The highest BCUT2D eigenvalue weighted by Gasteiger charge is 2.26. The van der Waals surface area contributed by atoms with E-state index in [0.717, 1.165) is 36.8 Å². The largest absolute Gasteiger partial charge is 0.495 e. The van der Waals surface area contributed by atoms with Gasteiger partial charge in [0.25, 0.3) is 5.91 Å². The molecule has 2 N–H and O–H groups in total. The summed E-state index contributed by atoms with van der Waals surface area (Å²) in [4.78, 5) is 12.9. The number of hydrogen-bond acceptors (Lipinski definition) is 5. The number of aromatic nitrogens is 2. The molecule has 0 spiro atoms. The number of hydrogen-bond donors (Lipinski definition) is 2. The first kappa shape index (κ1) is 23.0. The molecule has 1 saturated carbocycles. The van der Waals surface area contributed by atoms with Gasteiger partial charge in [-0.15, -0.1) is 0 Å². The number of benzene rings is 2. The fourth-order valence-corrected chi connectivity index (χ4v) is 5.58. The zero-order chi connectivity index (χ0) is 23.3. The van der Waals surface area contributed by atoms with E-state index in [2.05, 4.69) is 15.1 Å². The molecule has 9 heteroatoms. The highest BCUT2D eigenvalue weighted by Crippen LogP contribution is 2.27. The van der Waals surface area contributed by atoms with E-state index < -0.39 is 10.0 Å². The second-order valence-corrected chi connectivity index (χ2v) is 9.81. The average Bonchev–Trinajstić information content (AvgIpc) is 3.52. The van der Waals surface area contributed by atoms with Crippen LogP contribution in [0.5, 0.6) is 5.75 Å². The summed E-state index contributed by atoms with van der Waals surface area (Å²) in [5.74, 6) is -0.148. The van der Waals surface area contributed by atoms with Crippen LogP contribution in [0, 0.1) is 0 Å². The van der Waals surface area contributed by atoms with E-state index in [1.807, 2.05) is 41.2 Å². The molecule has 174 valence electrons. The van der Waals surface area contributed by atoms with Gasteiger partial charge in [-0.05, 0) is 48.2 Å². The lowest BCUT2D eigenvalue weighted by atomic mass is 10.1. The van der Waals surface area contributed by atoms with E-state index in [1.165, 1.54) is 19.2 Å². The van der Waals surface area contributed by atoms with E-state index in [4.69, 9.17) is 4.74 Å². The summed E-state index contributed by atoms with van der Waals surface area (Å²) < 4.78 is 35.8. The van der Waals surface area contributed by atoms with Gasteiger partial charge in [-0.2, -0.15) is 5.10 Å². The Morgan fingerprint density at radius 2 is 1.88 bits per heavy atom. The molecule has 0 bridgehead atoms. The van der Waals surface area contributed by atoms with Crippen LogP contribution in [0.3, 0.4) is 0 Å². The maximum absolute atomic E-state index is 13.0. The van der Waals surface area contributed by atoms with Crippen LogP contribution < -0.4 is 14.8 Å². The molecule has 0 saturated heterocycles. The Hall–Kier alpha value is -3.17. The molecule has 8 nitrogen and oxygen atoms in total. The summed E-state index contributed by atoms with van der Waals surface area (Å²) >= 11 is 0. The highest BCUT2D eigenvalue weighted by atomic mass is 32.2. The Kier molecular flexibility index (Phi) is 7.10. The Bertz CT molecular complexity index is 1200. The minimum Gasteiger partial charge on any atom is -0.495 e. The van der Waals surface area contributed by atoms with Crippen molar-refractivity contribution in [3.05, 3.63) is 77.6 Å². The summed E-state index contributed by atoms with van der Waals surface area (Å²) in [6.45, 7) is 0.904. The van der Waals surface area contributed by atoms with Crippen molar-refractivity contribution < 1.29 is 17.9 Å². The molecule has 33 heavy (non-hydrogen) atoms. The van der Waals surface area contributed by atoms with Crippen LogP contribution in [0.4, 0.5) is 0 Å². The maximum Gasteiger partial charge on any atom is 0.251 e. The number of ether oxygens (including phenoxy) is 1. The number of carbonyl (C=O) groups is 1. The first-order chi connectivity index (χ1) is 16.0. The van der Waals surface area contributed by atoms with E-state index in [-0.39, 0.29) is 28.2 Å². The summed E-state index contributed by atoms with van der Waals surface area (Å²) in [5.41, 5.74) is 2.26.